The molecule has 0 aliphatic heterocycles. The summed E-state index contributed by atoms with van der Waals surface area (Å²) in [6, 6.07) is 12.0. The Morgan fingerprint density at radius 3 is 2.42 bits per heavy atom. The Labute approximate surface area is 213 Å². The topological polar surface area (TPSA) is 113 Å². The third-order valence-corrected chi connectivity index (χ3v) is 4.67. The Kier molecular flexibility index (Phi) is 14.8. The third-order valence-electron chi connectivity index (χ3n) is 4.67. The summed E-state index contributed by atoms with van der Waals surface area (Å²) in [6.45, 7) is 3.68. The first-order valence-corrected chi connectivity index (χ1v) is 10.3. The average molecular weight is 513 g/mol. The van der Waals surface area contributed by atoms with E-state index in [0.29, 0.717) is 5.82 Å². The Bertz CT molecular complexity index is 1010. The molecule has 0 fully saturated rings. The zero-order valence-corrected chi connectivity index (χ0v) is 21.0. The van der Waals surface area contributed by atoms with Crippen LogP contribution in [0.15, 0.2) is 42.6 Å². The largest absolute Gasteiger partial charge is 0.370 e. The number of halogens is 3. The van der Waals surface area contributed by atoms with Crippen LogP contribution in [0, 0.1) is 12.3 Å². The molecule has 2 aromatic heterocycles. The summed E-state index contributed by atoms with van der Waals surface area (Å²) >= 11 is 0. The molecule has 0 spiro atoms. The fourth-order valence-electron chi connectivity index (χ4n) is 3.14. The van der Waals surface area contributed by atoms with Crippen molar-refractivity contribution in [2.45, 2.75) is 32.6 Å². The molecule has 0 atom stereocenters. The summed E-state index contributed by atoms with van der Waals surface area (Å²) in [4.78, 5) is 13.7. The van der Waals surface area contributed by atoms with Gasteiger partial charge in [-0.25, -0.2) is 9.97 Å². The number of guanidine groups is 1. The van der Waals surface area contributed by atoms with Crippen LogP contribution in [0.25, 0.3) is 23.1 Å². The van der Waals surface area contributed by atoms with Crippen LogP contribution in [0.4, 0.5) is 5.82 Å². The molecule has 0 saturated heterocycles. The van der Waals surface area contributed by atoms with Gasteiger partial charge in [0.15, 0.2) is 11.8 Å². The highest BCUT2D eigenvalue weighted by Crippen LogP contribution is 2.22. The number of benzene rings is 1. The maximum Gasteiger partial charge on any atom is 0.185 e. The van der Waals surface area contributed by atoms with Gasteiger partial charge in [-0.3, -0.25) is 10.4 Å². The van der Waals surface area contributed by atoms with Gasteiger partial charge in [-0.05, 0) is 56.2 Å². The molecule has 0 aliphatic rings. The van der Waals surface area contributed by atoms with E-state index in [4.69, 9.17) is 16.1 Å². The van der Waals surface area contributed by atoms with Crippen LogP contribution >= 0.6 is 37.2 Å². The molecular formula is C23H32Cl3N7. The molecule has 5 N–H and O–H groups in total. The number of hydrogen-bond donors (Lipinski definition) is 4. The number of aryl methyl sites for hydroxylation is 1. The van der Waals surface area contributed by atoms with Crippen LogP contribution in [-0.4, -0.2) is 34.0 Å². The van der Waals surface area contributed by atoms with Gasteiger partial charge in [0.2, 0.25) is 0 Å². The van der Waals surface area contributed by atoms with Gasteiger partial charge in [0.05, 0.1) is 11.2 Å². The van der Waals surface area contributed by atoms with Crippen LogP contribution in [0.5, 0.6) is 0 Å². The lowest BCUT2D eigenvalue weighted by Crippen LogP contribution is -2.30. The summed E-state index contributed by atoms with van der Waals surface area (Å²) in [6.07, 6.45) is 9.87. The number of unbranched alkanes of at least 4 members (excludes halogenated alkanes) is 3. The standard InChI is InChI=1S/C23H29N7.3ClH/c1-17-9-11-20-19(16-17)22(27-14-5-2-3-6-15-28-23(24)25)30-21(29-20)12-10-18-8-4-7-13-26-18;;;/h4,7-13,16H,2-3,5-6,14-15H2,1H3,(H4,24,25,28)(H,27,29,30);3*1H/b12-10+;;;. The number of nitrogens with one attached hydrogen (secondary N) is 3. The molecule has 7 nitrogen and oxygen atoms in total. The number of nitrogens with two attached hydrogens (primary N) is 1. The van der Waals surface area contributed by atoms with Gasteiger partial charge >= 0.3 is 0 Å². The lowest BCUT2D eigenvalue weighted by Gasteiger charge is -2.10. The molecule has 0 radical (unpaired) electrons. The van der Waals surface area contributed by atoms with E-state index in [1.807, 2.05) is 36.4 Å². The summed E-state index contributed by atoms with van der Waals surface area (Å²) in [5.74, 6) is 1.56. The molecule has 0 saturated carbocycles. The molecule has 3 aromatic rings. The maximum atomic E-state index is 7.15. The van der Waals surface area contributed by atoms with E-state index >= 15 is 0 Å². The second-order valence-electron chi connectivity index (χ2n) is 7.22. The van der Waals surface area contributed by atoms with Crippen LogP contribution in [0.3, 0.4) is 0 Å². The second-order valence-corrected chi connectivity index (χ2v) is 7.22. The highest BCUT2D eigenvalue weighted by Gasteiger charge is 2.07. The third kappa shape index (κ3) is 10.2. The first-order chi connectivity index (χ1) is 14.6. The van der Waals surface area contributed by atoms with Gasteiger partial charge in [0, 0.05) is 24.7 Å². The van der Waals surface area contributed by atoms with E-state index < -0.39 is 0 Å². The SMILES string of the molecule is Cc1ccc2nc(/C=C/c3ccccn3)nc(NCCCCCCNC(=N)N)c2c1.Cl.Cl.Cl. The van der Waals surface area contributed by atoms with Gasteiger partial charge in [-0.15, -0.1) is 37.2 Å². The molecule has 0 aliphatic carbocycles. The van der Waals surface area contributed by atoms with Crippen LogP contribution in [-0.2, 0) is 0 Å². The minimum absolute atomic E-state index is 0. The van der Waals surface area contributed by atoms with Gasteiger partial charge in [-0.2, -0.15) is 0 Å². The summed E-state index contributed by atoms with van der Waals surface area (Å²) in [5.41, 5.74) is 8.27. The highest BCUT2D eigenvalue weighted by molar-refractivity contribution is 5.90. The van der Waals surface area contributed by atoms with Crippen molar-refractivity contribution in [3.63, 3.8) is 0 Å². The molecule has 2 heterocycles. The van der Waals surface area contributed by atoms with Crippen LogP contribution < -0.4 is 16.4 Å². The van der Waals surface area contributed by atoms with Gasteiger partial charge < -0.3 is 16.4 Å². The van der Waals surface area contributed by atoms with Crippen LogP contribution in [0.2, 0.25) is 0 Å². The summed E-state index contributed by atoms with van der Waals surface area (Å²) in [7, 11) is 0. The Morgan fingerprint density at radius 1 is 0.970 bits per heavy atom. The van der Waals surface area contributed by atoms with E-state index in [1.165, 1.54) is 5.56 Å². The molecule has 1 aromatic carbocycles. The lowest BCUT2D eigenvalue weighted by molar-refractivity contribution is 0.642. The Morgan fingerprint density at radius 2 is 1.73 bits per heavy atom. The molecule has 0 amide bonds. The fraction of sp³-hybridized carbons (Fsp3) is 0.304. The number of pyridine rings is 1. The Balaban J connectivity index is 0.00000341. The number of nitrogens with zero attached hydrogens (tertiary/aromatic N) is 3. The van der Waals surface area contributed by atoms with Crippen molar-refractivity contribution in [2.75, 3.05) is 18.4 Å². The van der Waals surface area contributed by atoms with E-state index in [0.717, 1.165) is 61.2 Å². The average Bonchev–Trinajstić information content (AvgIpc) is 2.75. The van der Waals surface area contributed by atoms with E-state index in [1.54, 1.807) is 6.20 Å². The van der Waals surface area contributed by atoms with E-state index in [2.05, 4.69) is 39.7 Å². The summed E-state index contributed by atoms with van der Waals surface area (Å²) in [5, 5.41) is 14.5. The summed E-state index contributed by atoms with van der Waals surface area (Å²) < 4.78 is 0. The number of rotatable bonds is 10. The molecule has 180 valence electrons. The minimum Gasteiger partial charge on any atom is -0.370 e. The number of fused-ring (bicyclic) bond motifs is 1. The van der Waals surface area contributed by atoms with Gasteiger partial charge in [-0.1, -0.05) is 30.5 Å². The molecule has 33 heavy (non-hydrogen) atoms. The fourth-order valence-corrected chi connectivity index (χ4v) is 3.14. The zero-order chi connectivity index (χ0) is 21.2. The molecular weight excluding hydrogens is 481 g/mol. The van der Waals surface area contributed by atoms with E-state index in [9.17, 15) is 0 Å². The molecule has 0 unspecified atom stereocenters. The quantitative estimate of drug-likeness (QED) is 0.168. The number of hydrogen-bond acceptors (Lipinski definition) is 5. The van der Waals surface area contributed by atoms with Crippen LogP contribution in [0.1, 0.15) is 42.8 Å². The molecule has 3 rings (SSSR count). The van der Waals surface area contributed by atoms with Crippen molar-refractivity contribution < 1.29 is 0 Å². The number of aromatic nitrogens is 3. The smallest absolute Gasteiger partial charge is 0.185 e. The van der Waals surface area contributed by atoms with E-state index in [-0.39, 0.29) is 43.2 Å². The van der Waals surface area contributed by atoms with Crippen molar-refractivity contribution in [3.05, 3.63) is 59.7 Å². The maximum absolute atomic E-state index is 7.15. The first-order valence-electron chi connectivity index (χ1n) is 10.3. The first kappa shape index (κ1) is 30.4. The predicted octanol–water partition coefficient (Wildman–Crippen LogP) is 5.22. The second kappa shape index (κ2) is 16.1. The van der Waals surface area contributed by atoms with Gasteiger partial charge in [0.25, 0.3) is 0 Å². The van der Waals surface area contributed by atoms with Crippen molar-refractivity contribution in [1.29, 1.82) is 5.41 Å². The van der Waals surface area contributed by atoms with Crippen molar-refractivity contribution in [2.24, 2.45) is 5.73 Å². The highest BCUT2D eigenvalue weighted by atomic mass is 35.5. The number of anilines is 1. The molecule has 0 bridgehead atoms. The van der Waals surface area contributed by atoms with Crippen molar-refractivity contribution >= 4 is 72.1 Å². The monoisotopic (exact) mass is 511 g/mol. The Hall–Kier alpha value is -2.61. The lowest BCUT2D eigenvalue weighted by atomic mass is 10.1. The van der Waals surface area contributed by atoms with Crippen molar-refractivity contribution in [1.82, 2.24) is 20.3 Å². The van der Waals surface area contributed by atoms with Crippen molar-refractivity contribution in [3.8, 4) is 0 Å². The zero-order valence-electron chi connectivity index (χ0n) is 18.6. The normalized spacial score (nSPS) is 10.1. The predicted molar refractivity (Wildman–Crippen MR) is 146 cm³/mol. The molecule has 10 heteroatoms. The van der Waals surface area contributed by atoms with Gasteiger partial charge in [0.1, 0.15) is 5.82 Å². The minimum atomic E-state index is 0.